The van der Waals surface area contributed by atoms with Gasteiger partial charge in [0, 0.05) is 6.04 Å². The molecule has 1 atom stereocenters. The minimum Gasteiger partial charge on any atom is -0.494 e. The molecular weight excluding hydrogens is 242 g/mol. The lowest BCUT2D eigenvalue weighted by Crippen LogP contribution is -2.33. The highest BCUT2D eigenvalue weighted by Gasteiger charge is 2.12. The van der Waals surface area contributed by atoms with E-state index in [1.165, 1.54) is 0 Å². The predicted molar refractivity (Wildman–Crippen MR) is 75.6 cm³/mol. The SMILES string of the molecule is CCCOc1ccc(CC(CC(=O)O)NCC)cc1. The Bertz CT molecular complexity index is 375. The first-order valence-electron chi connectivity index (χ1n) is 6.82. The van der Waals surface area contributed by atoms with Crippen LogP contribution in [-0.2, 0) is 11.2 Å². The van der Waals surface area contributed by atoms with Gasteiger partial charge in [-0.2, -0.15) is 0 Å². The van der Waals surface area contributed by atoms with Gasteiger partial charge in [-0.05, 0) is 37.1 Å². The Morgan fingerprint density at radius 2 is 2.00 bits per heavy atom. The first kappa shape index (κ1) is 15.5. The van der Waals surface area contributed by atoms with Crippen molar-refractivity contribution in [1.82, 2.24) is 5.32 Å². The van der Waals surface area contributed by atoms with E-state index in [2.05, 4.69) is 12.2 Å². The monoisotopic (exact) mass is 265 g/mol. The van der Waals surface area contributed by atoms with Gasteiger partial charge < -0.3 is 15.2 Å². The van der Waals surface area contributed by atoms with E-state index in [-0.39, 0.29) is 12.5 Å². The summed E-state index contributed by atoms with van der Waals surface area (Å²) in [6, 6.07) is 7.85. The molecule has 0 aliphatic heterocycles. The Hall–Kier alpha value is -1.55. The van der Waals surface area contributed by atoms with Crippen LogP contribution < -0.4 is 10.1 Å². The lowest BCUT2D eigenvalue weighted by atomic mass is 10.0. The molecule has 0 aliphatic rings. The molecule has 4 nitrogen and oxygen atoms in total. The number of nitrogens with one attached hydrogen (secondary N) is 1. The molecule has 0 saturated heterocycles. The van der Waals surface area contributed by atoms with Gasteiger partial charge in [-0.3, -0.25) is 4.79 Å². The molecule has 0 aliphatic carbocycles. The summed E-state index contributed by atoms with van der Waals surface area (Å²) in [4.78, 5) is 10.8. The second kappa shape index (κ2) is 8.53. The van der Waals surface area contributed by atoms with Gasteiger partial charge in [0.05, 0.1) is 13.0 Å². The quantitative estimate of drug-likeness (QED) is 0.720. The molecule has 0 aromatic heterocycles. The fourth-order valence-corrected chi connectivity index (χ4v) is 1.94. The summed E-state index contributed by atoms with van der Waals surface area (Å²) in [5.74, 6) is 0.0951. The van der Waals surface area contributed by atoms with Crippen LogP contribution in [0.2, 0.25) is 0 Å². The first-order chi connectivity index (χ1) is 9.15. The Kier molecular flexibility index (Phi) is 6.97. The van der Waals surface area contributed by atoms with Crippen molar-refractivity contribution in [2.45, 2.75) is 39.2 Å². The third-order valence-electron chi connectivity index (χ3n) is 2.79. The molecule has 1 unspecified atom stereocenters. The van der Waals surface area contributed by atoms with E-state index in [0.29, 0.717) is 6.42 Å². The molecule has 0 radical (unpaired) electrons. The Morgan fingerprint density at radius 1 is 1.32 bits per heavy atom. The summed E-state index contributed by atoms with van der Waals surface area (Å²) in [6.07, 6.45) is 1.85. The molecule has 0 fully saturated rings. The van der Waals surface area contributed by atoms with Crippen molar-refractivity contribution in [3.63, 3.8) is 0 Å². The number of benzene rings is 1. The second-order valence-corrected chi connectivity index (χ2v) is 4.55. The Morgan fingerprint density at radius 3 is 2.53 bits per heavy atom. The van der Waals surface area contributed by atoms with Crippen LogP contribution in [0.1, 0.15) is 32.3 Å². The summed E-state index contributed by atoms with van der Waals surface area (Å²) in [5.41, 5.74) is 1.12. The van der Waals surface area contributed by atoms with Crippen molar-refractivity contribution in [2.24, 2.45) is 0 Å². The molecule has 0 bridgehead atoms. The van der Waals surface area contributed by atoms with Crippen LogP contribution in [0.5, 0.6) is 5.75 Å². The van der Waals surface area contributed by atoms with Crippen LogP contribution in [0.3, 0.4) is 0 Å². The summed E-state index contributed by atoms with van der Waals surface area (Å²) >= 11 is 0. The van der Waals surface area contributed by atoms with Crippen LogP contribution in [0.15, 0.2) is 24.3 Å². The van der Waals surface area contributed by atoms with Crippen LogP contribution >= 0.6 is 0 Å². The van der Waals surface area contributed by atoms with Gasteiger partial charge >= 0.3 is 5.97 Å². The lowest BCUT2D eigenvalue weighted by Gasteiger charge is -2.16. The van der Waals surface area contributed by atoms with E-state index in [1.807, 2.05) is 31.2 Å². The standard InChI is InChI=1S/C15H23NO3/c1-3-9-19-14-7-5-12(6-8-14)10-13(16-4-2)11-15(17)18/h5-8,13,16H,3-4,9-11H2,1-2H3,(H,17,18). The minimum absolute atomic E-state index is 0.0232. The zero-order valence-corrected chi connectivity index (χ0v) is 11.7. The number of ether oxygens (including phenoxy) is 1. The number of carboxylic acids is 1. The molecule has 0 heterocycles. The molecule has 1 aromatic rings. The van der Waals surface area contributed by atoms with Crippen molar-refractivity contribution >= 4 is 5.97 Å². The van der Waals surface area contributed by atoms with Crippen molar-refractivity contribution in [1.29, 1.82) is 0 Å². The number of hydrogen-bond acceptors (Lipinski definition) is 3. The van der Waals surface area contributed by atoms with Crippen LogP contribution in [0.4, 0.5) is 0 Å². The number of aliphatic carboxylic acids is 1. The molecule has 0 spiro atoms. The maximum atomic E-state index is 10.8. The van der Waals surface area contributed by atoms with Crippen molar-refractivity contribution in [3.05, 3.63) is 29.8 Å². The fourth-order valence-electron chi connectivity index (χ4n) is 1.94. The number of rotatable bonds is 9. The van der Waals surface area contributed by atoms with E-state index >= 15 is 0 Å². The van der Waals surface area contributed by atoms with Gasteiger partial charge in [0.2, 0.25) is 0 Å². The molecule has 1 rings (SSSR count). The average Bonchev–Trinajstić information content (AvgIpc) is 2.37. The molecule has 0 amide bonds. The lowest BCUT2D eigenvalue weighted by molar-refractivity contribution is -0.137. The zero-order valence-electron chi connectivity index (χ0n) is 11.7. The maximum Gasteiger partial charge on any atom is 0.304 e. The van der Waals surface area contributed by atoms with Crippen LogP contribution in [0, 0.1) is 0 Å². The summed E-state index contributed by atoms with van der Waals surface area (Å²) in [5, 5.41) is 12.1. The summed E-state index contributed by atoms with van der Waals surface area (Å²) in [7, 11) is 0. The molecule has 19 heavy (non-hydrogen) atoms. The van der Waals surface area contributed by atoms with E-state index in [4.69, 9.17) is 9.84 Å². The molecule has 0 saturated carbocycles. The highest BCUT2D eigenvalue weighted by atomic mass is 16.5. The van der Waals surface area contributed by atoms with Crippen LogP contribution in [-0.4, -0.2) is 30.3 Å². The number of carbonyl (C=O) groups is 1. The van der Waals surface area contributed by atoms with Gasteiger partial charge in [-0.15, -0.1) is 0 Å². The van der Waals surface area contributed by atoms with E-state index in [0.717, 1.165) is 30.9 Å². The zero-order chi connectivity index (χ0) is 14.1. The topological polar surface area (TPSA) is 58.6 Å². The van der Waals surface area contributed by atoms with Crippen molar-refractivity contribution < 1.29 is 14.6 Å². The minimum atomic E-state index is -0.770. The number of carboxylic acid groups (broad SMARTS) is 1. The number of likely N-dealkylation sites (N-methyl/N-ethyl adjacent to an activating group) is 1. The van der Waals surface area contributed by atoms with Gasteiger partial charge in [0.15, 0.2) is 0 Å². The molecule has 106 valence electrons. The molecule has 1 aromatic carbocycles. The summed E-state index contributed by atoms with van der Waals surface area (Å²) in [6.45, 7) is 5.55. The van der Waals surface area contributed by atoms with E-state index in [9.17, 15) is 4.79 Å². The smallest absolute Gasteiger partial charge is 0.304 e. The highest BCUT2D eigenvalue weighted by Crippen LogP contribution is 2.14. The van der Waals surface area contributed by atoms with Crippen molar-refractivity contribution in [2.75, 3.05) is 13.2 Å². The third-order valence-corrected chi connectivity index (χ3v) is 2.79. The van der Waals surface area contributed by atoms with E-state index < -0.39 is 5.97 Å². The Labute approximate surface area is 114 Å². The van der Waals surface area contributed by atoms with Gasteiger partial charge in [-0.25, -0.2) is 0 Å². The van der Waals surface area contributed by atoms with E-state index in [1.54, 1.807) is 0 Å². The number of hydrogen-bond donors (Lipinski definition) is 2. The molecular formula is C15H23NO3. The maximum absolute atomic E-state index is 10.8. The van der Waals surface area contributed by atoms with Crippen molar-refractivity contribution in [3.8, 4) is 5.75 Å². The average molecular weight is 265 g/mol. The van der Waals surface area contributed by atoms with Crippen LogP contribution in [0.25, 0.3) is 0 Å². The molecule has 2 N–H and O–H groups in total. The summed E-state index contributed by atoms with van der Waals surface area (Å²) < 4.78 is 5.52. The second-order valence-electron chi connectivity index (χ2n) is 4.55. The predicted octanol–water partition coefficient (Wildman–Crippen LogP) is 2.47. The third kappa shape index (κ3) is 6.25. The largest absolute Gasteiger partial charge is 0.494 e. The molecule has 4 heteroatoms. The first-order valence-corrected chi connectivity index (χ1v) is 6.82. The van der Waals surface area contributed by atoms with Gasteiger partial charge in [0.1, 0.15) is 5.75 Å². The normalized spacial score (nSPS) is 12.1. The van der Waals surface area contributed by atoms with Gasteiger partial charge in [-0.1, -0.05) is 26.0 Å². The highest BCUT2D eigenvalue weighted by molar-refractivity contribution is 5.67. The fraction of sp³-hybridized carbons (Fsp3) is 0.533. The van der Waals surface area contributed by atoms with Gasteiger partial charge in [0.25, 0.3) is 0 Å². The Balaban J connectivity index is 2.56.